The number of nitrogens with two attached hydrogens (primary N) is 1. The van der Waals surface area contributed by atoms with Gasteiger partial charge in [-0.05, 0) is 59.2 Å². The molecule has 188 valence electrons. The summed E-state index contributed by atoms with van der Waals surface area (Å²) < 4.78 is 33.6. The number of hydrogen-bond acceptors (Lipinski definition) is 5. The van der Waals surface area contributed by atoms with Gasteiger partial charge < -0.3 is 15.4 Å². The Morgan fingerprint density at radius 1 is 1.00 bits per heavy atom. The van der Waals surface area contributed by atoms with Gasteiger partial charge in [-0.1, -0.05) is 24.3 Å². The zero-order chi connectivity index (χ0) is 25.6. The molecule has 3 aromatic carbocycles. The summed E-state index contributed by atoms with van der Waals surface area (Å²) in [7, 11) is -3.53. The average molecular weight is 506 g/mol. The van der Waals surface area contributed by atoms with Crippen molar-refractivity contribution in [1.82, 2.24) is 4.90 Å². The molecule has 0 radical (unpaired) electrons. The molecule has 9 heteroatoms. The van der Waals surface area contributed by atoms with Gasteiger partial charge in [0.05, 0.1) is 23.8 Å². The van der Waals surface area contributed by atoms with Gasteiger partial charge in [0, 0.05) is 37.9 Å². The van der Waals surface area contributed by atoms with E-state index in [1.54, 1.807) is 0 Å². The summed E-state index contributed by atoms with van der Waals surface area (Å²) in [5, 5.41) is 17.5. The van der Waals surface area contributed by atoms with Gasteiger partial charge in [-0.25, -0.2) is 8.42 Å². The largest absolute Gasteiger partial charge is 0.490 e. The summed E-state index contributed by atoms with van der Waals surface area (Å²) in [6.07, 6.45) is 3.57. The van der Waals surface area contributed by atoms with E-state index in [1.165, 1.54) is 10.6 Å². The highest BCUT2D eigenvalue weighted by molar-refractivity contribution is 7.92. The van der Waals surface area contributed by atoms with Crippen molar-refractivity contribution in [1.29, 1.82) is 10.8 Å². The lowest BCUT2D eigenvalue weighted by atomic mass is 9.98. The van der Waals surface area contributed by atoms with Gasteiger partial charge in [-0.15, -0.1) is 0 Å². The van der Waals surface area contributed by atoms with Crippen molar-refractivity contribution >= 4 is 38.2 Å². The van der Waals surface area contributed by atoms with Crippen LogP contribution in [0.3, 0.4) is 0 Å². The number of amidine groups is 2. The molecule has 1 saturated heterocycles. The first kappa shape index (κ1) is 24.1. The first-order valence-electron chi connectivity index (χ1n) is 12.1. The summed E-state index contributed by atoms with van der Waals surface area (Å²) in [6.45, 7) is 3.42. The van der Waals surface area contributed by atoms with Gasteiger partial charge in [0.25, 0.3) is 0 Å². The van der Waals surface area contributed by atoms with Gasteiger partial charge in [-0.3, -0.25) is 15.1 Å². The molecule has 2 aliphatic heterocycles. The molecule has 3 aromatic rings. The number of benzene rings is 3. The van der Waals surface area contributed by atoms with Crippen LogP contribution in [0.1, 0.15) is 42.5 Å². The molecule has 0 saturated carbocycles. The molecule has 0 aromatic heterocycles. The van der Waals surface area contributed by atoms with Crippen molar-refractivity contribution in [3.05, 3.63) is 71.3 Å². The van der Waals surface area contributed by atoms with Crippen LogP contribution in [0.4, 0.5) is 5.69 Å². The second kappa shape index (κ2) is 9.13. The van der Waals surface area contributed by atoms with Crippen molar-refractivity contribution < 1.29 is 13.2 Å². The van der Waals surface area contributed by atoms with Crippen molar-refractivity contribution in [3.8, 4) is 5.75 Å². The van der Waals surface area contributed by atoms with E-state index >= 15 is 0 Å². The van der Waals surface area contributed by atoms with Gasteiger partial charge in [0.15, 0.2) is 0 Å². The molecular formula is C27H31N5O3S. The highest BCUT2D eigenvalue weighted by Gasteiger charge is 2.37. The van der Waals surface area contributed by atoms with E-state index in [0.29, 0.717) is 23.5 Å². The molecular weight excluding hydrogens is 474 g/mol. The summed E-state index contributed by atoms with van der Waals surface area (Å²) in [6, 6.07) is 16.9. The number of hydrogen-bond donors (Lipinski definition) is 3. The van der Waals surface area contributed by atoms with Crippen LogP contribution in [0.25, 0.3) is 10.8 Å². The summed E-state index contributed by atoms with van der Waals surface area (Å²) in [5.74, 6) is 1.33. The van der Waals surface area contributed by atoms with Crippen molar-refractivity contribution in [2.45, 2.75) is 38.3 Å². The van der Waals surface area contributed by atoms with Crippen molar-refractivity contribution in [2.75, 3.05) is 23.7 Å². The molecule has 2 aliphatic rings. The number of likely N-dealkylation sites (tertiary alicyclic amines) is 1. The number of anilines is 1. The molecule has 0 spiro atoms. The lowest BCUT2D eigenvalue weighted by Gasteiger charge is -2.32. The number of ether oxygens (including phenoxy) is 1. The predicted octanol–water partition coefficient (Wildman–Crippen LogP) is 4.03. The van der Waals surface area contributed by atoms with Gasteiger partial charge in [0.1, 0.15) is 17.7 Å². The molecule has 0 bridgehead atoms. The molecule has 2 heterocycles. The standard InChI is InChI=1S/C27H31N5O3S/c1-17(28)31-11-9-23(10-12-31)35-24-7-8-25-22(15-24)16-26(32(25)36(2,33)34)19-5-3-18-4-6-20(27(29)30)14-21(18)13-19/h3-8,13-15,23,26,28H,9-12,16H2,1-2H3,(H3,29,30). The van der Waals surface area contributed by atoms with Gasteiger partial charge in [-0.2, -0.15) is 0 Å². The van der Waals surface area contributed by atoms with Crippen LogP contribution in [-0.4, -0.2) is 50.4 Å². The third kappa shape index (κ3) is 4.63. The molecule has 1 fully saturated rings. The Kier molecular flexibility index (Phi) is 6.12. The molecule has 4 N–H and O–H groups in total. The summed E-state index contributed by atoms with van der Waals surface area (Å²) in [4.78, 5) is 2.06. The Hall–Kier alpha value is -3.59. The van der Waals surface area contributed by atoms with Crippen molar-refractivity contribution in [2.24, 2.45) is 5.73 Å². The Labute approximate surface area is 211 Å². The first-order valence-corrected chi connectivity index (χ1v) is 13.9. The molecule has 36 heavy (non-hydrogen) atoms. The monoisotopic (exact) mass is 505 g/mol. The summed E-state index contributed by atoms with van der Waals surface area (Å²) >= 11 is 0. The molecule has 8 nitrogen and oxygen atoms in total. The third-order valence-corrected chi connectivity index (χ3v) is 8.29. The van der Waals surface area contributed by atoms with Crippen LogP contribution in [0.2, 0.25) is 0 Å². The van der Waals surface area contributed by atoms with Crippen LogP contribution in [0.5, 0.6) is 5.75 Å². The maximum atomic E-state index is 12.9. The van der Waals surface area contributed by atoms with Crippen LogP contribution < -0.4 is 14.8 Å². The Morgan fingerprint density at radius 2 is 1.72 bits per heavy atom. The zero-order valence-corrected chi connectivity index (χ0v) is 21.3. The fourth-order valence-electron chi connectivity index (χ4n) is 5.28. The molecule has 1 unspecified atom stereocenters. The number of nitrogen functional groups attached to an aromatic ring is 1. The Morgan fingerprint density at radius 3 is 2.39 bits per heavy atom. The van der Waals surface area contributed by atoms with E-state index in [2.05, 4.69) is 4.90 Å². The van der Waals surface area contributed by atoms with Crippen molar-refractivity contribution in [3.63, 3.8) is 0 Å². The number of nitrogens with one attached hydrogen (secondary N) is 2. The SMILES string of the molecule is CC(=N)N1CCC(Oc2ccc3c(c2)CC(c2ccc4ccc(C(=N)N)cc4c2)N3S(C)(=O)=O)CC1. The minimum Gasteiger partial charge on any atom is -0.490 e. The second-order valence-electron chi connectivity index (χ2n) is 9.69. The number of rotatable bonds is 5. The van der Waals surface area contributed by atoms with E-state index in [4.69, 9.17) is 21.3 Å². The molecule has 0 aliphatic carbocycles. The second-order valence-corrected chi connectivity index (χ2v) is 11.6. The number of fused-ring (bicyclic) bond motifs is 2. The molecule has 1 atom stereocenters. The molecule has 0 amide bonds. The first-order chi connectivity index (χ1) is 17.1. The van der Waals surface area contributed by atoms with E-state index < -0.39 is 10.0 Å². The number of nitrogens with zero attached hydrogens (tertiary/aromatic N) is 2. The number of piperidine rings is 1. The topological polar surface area (TPSA) is 124 Å². The van der Waals surface area contributed by atoms with Gasteiger partial charge >= 0.3 is 0 Å². The summed E-state index contributed by atoms with van der Waals surface area (Å²) in [5.41, 5.74) is 8.82. The highest BCUT2D eigenvalue weighted by Crippen LogP contribution is 2.44. The Balaban J connectivity index is 1.43. The van der Waals surface area contributed by atoms with E-state index in [-0.39, 0.29) is 18.0 Å². The minimum atomic E-state index is -3.53. The maximum Gasteiger partial charge on any atom is 0.232 e. The molecule has 5 rings (SSSR count). The fraction of sp³-hybridized carbons (Fsp3) is 0.333. The van der Waals surface area contributed by atoms with E-state index in [1.807, 2.05) is 61.5 Å². The maximum absolute atomic E-state index is 12.9. The lowest BCUT2D eigenvalue weighted by Crippen LogP contribution is -2.40. The number of sulfonamides is 1. The fourth-order valence-corrected chi connectivity index (χ4v) is 6.47. The predicted molar refractivity (Wildman–Crippen MR) is 144 cm³/mol. The Bertz CT molecular complexity index is 1460. The van der Waals surface area contributed by atoms with Gasteiger partial charge in [0.2, 0.25) is 10.0 Å². The normalized spacial score (nSPS) is 18.3. The minimum absolute atomic E-state index is 0.000462. The smallest absolute Gasteiger partial charge is 0.232 e. The van der Waals surface area contributed by atoms with Crippen LogP contribution >= 0.6 is 0 Å². The zero-order valence-electron chi connectivity index (χ0n) is 20.5. The van der Waals surface area contributed by atoms with Crippen LogP contribution in [0, 0.1) is 10.8 Å². The van der Waals surface area contributed by atoms with Crippen LogP contribution in [0.15, 0.2) is 54.6 Å². The highest BCUT2D eigenvalue weighted by atomic mass is 32.2. The van der Waals surface area contributed by atoms with E-state index in [0.717, 1.165) is 53.6 Å². The quantitative estimate of drug-likeness (QED) is 0.357. The lowest BCUT2D eigenvalue weighted by molar-refractivity contribution is 0.130. The van der Waals surface area contributed by atoms with Crippen LogP contribution in [-0.2, 0) is 16.4 Å². The van der Waals surface area contributed by atoms with E-state index in [9.17, 15) is 8.42 Å². The third-order valence-electron chi connectivity index (χ3n) is 7.12. The average Bonchev–Trinajstić information content (AvgIpc) is 3.23.